The molecule has 1 saturated carbocycles. The number of esters is 1. The van der Waals surface area contributed by atoms with Crippen molar-refractivity contribution >= 4 is 28.9 Å². The zero-order chi connectivity index (χ0) is 25.8. The number of nitrogens with zero attached hydrogens (tertiary/aromatic N) is 3. The Morgan fingerprint density at radius 1 is 1.03 bits per heavy atom. The Morgan fingerprint density at radius 2 is 1.81 bits per heavy atom. The lowest BCUT2D eigenvalue weighted by Gasteiger charge is -2.30. The van der Waals surface area contributed by atoms with Gasteiger partial charge in [-0.1, -0.05) is 30.2 Å². The first-order valence-corrected chi connectivity index (χ1v) is 13.8. The third-order valence-corrected chi connectivity index (χ3v) is 7.80. The molecule has 196 valence electrons. The summed E-state index contributed by atoms with van der Waals surface area (Å²) in [7, 11) is 0. The number of amides is 1. The number of fused-ring (bicyclic) bond motifs is 1. The Morgan fingerprint density at radius 3 is 2.54 bits per heavy atom. The highest BCUT2D eigenvalue weighted by Crippen LogP contribution is 2.37. The van der Waals surface area contributed by atoms with E-state index in [0.717, 1.165) is 61.9 Å². The van der Waals surface area contributed by atoms with Gasteiger partial charge in [-0.05, 0) is 95.3 Å². The number of carbonyl (C=O) groups excluding carboxylic acids is 2. The molecule has 2 heterocycles. The average molecular weight is 503 g/mol. The van der Waals surface area contributed by atoms with E-state index in [1.807, 2.05) is 38.1 Å². The van der Waals surface area contributed by atoms with Crippen molar-refractivity contribution in [2.24, 2.45) is 5.92 Å². The lowest BCUT2D eigenvalue weighted by molar-refractivity contribution is -0.149. The van der Waals surface area contributed by atoms with Crippen molar-refractivity contribution in [2.45, 2.75) is 71.4 Å². The van der Waals surface area contributed by atoms with Crippen molar-refractivity contribution in [3.05, 3.63) is 59.2 Å². The fourth-order valence-corrected chi connectivity index (χ4v) is 5.86. The number of hydrogen-bond acceptors (Lipinski definition) is 5. The van der Waals surface area contributed by atoms with Crippen LogP contribution in [0.3, 0.4) is 0 Å². The monoisotopic (exact) mass is 502 g/mol. The van der Waals surface area contributed by atoms with E-state index < -0.39 is 0 Å². The molecule has 0 spiro atoms. The normalized spacial score (nSPS) is 20.6. The van der Waals surface area contributed by atoms with Gasteiger partial charge < -0.3 is 9.30 Å². The summed E-state index contributed by atoms with van der Waals surface area (Å²) in [5.41, 5.74) is 4.87. The Kier molecular flexibility index (Phi) is 7.89. The van der Waals surface area contributed by atoms with Gasteiger partial charge in [-0.2, -0.15) is 0 Å². The van der Waals surface area contributed by atoms with E-state index in [1.54, 1.807) is 0 Å². The molecule has 0 unspecified atom stereocenters. The van der Waals surface area contributed by atoms with Crippen LogP contribution in [0, 0.1) is 12.8 Å². The molecule has 7 heteroatoms. The molecule has 2 fully saturated rings. The summed E-state index contributed by atoms with van der Waals surface area (Å²) < 4.78 is 7.49. The number of rotatable bonds is 7. The van der Waals surface area contributed by atoms with E-state index in [1.165, 1.54) is 24.8 Å². The molecule has 2 aromatic carbocycles. The van der Waals surface area contributed by atoms with E-state index in [0.29, 0.717) is 18.1 Å². The van der Waals surface area contributed by atoms with Crippen molar-refractivity contribution in [1.82, 2.24) is 14.5 Å². The lowest BCUT2D eigenvalue weighted by Crippen LogP contribution is -2.29. The first-order chi connectivity index (χ1) is 18.0. The van der Waals surface area contributed by atoms with Gasteiger partial charge >= 0.3 is 5.97 Å². The van der Waals surface area contributed by atoms with Gasteiger partial charge in [0.2, 0.25) is 5.95 Å². The largest absolute Gasteiger partial charge is 0.466 e. The zero-order valence-electron chi connectivity index (χ0n) is 22.0. The van der Waals surface area contributed by atoms with E-state index >= 15 is 0 Å². The maximum Gasteiger partial charge on any atom is 0.308 e. The Balaban J connectivity index is 1.44. The van der Waals surface area contributed by atoms with Crippen molar-refractivity contribution in [1.29, 1.82) is 0 Å². The van der Waals surface area contributed by atoms with Gasteiger partial charge in [0.1, 0.15) is 0 Å². The number of aryl methyl sites for hydroxylation is 1. The molecule has 1 saturated heterocycles. The minimum atomic E-state index is -0.158. The summed E-state index contributed by atoms with van der Waals surface area (Å²) in [6, 6.07) is 14.3. The van der Waals surface area contributed by atoms with Crippen LogP contribution in [0.15, 0.2) is 42.5 Å². The average Bonchev–Trinajstić information content (AvgIpc) is 3.26. The van der Waals surface area contributed by atoms with E-state index in [-0.39, 0.29) is 23.8 Å². The third kappa shape index (κ3) is 5.87. The molecule has 5 rings (SSSR count). The SMILES string of the molecule is CCOC(=O)C1CCC(n2c(NC(=O)c3cccc(C)c3)nc3ccc(CN4CCCCC4)cc32)CC1. The summed E-state index contributed by atoms with van der Waals surface area (Å²) in [6.45, 7) is 7.48. The van der Waals surface area contributed by atoms with Crippen LogP contribution >= 0.6 is 0 Å². The summed E-state index contributed by atoms with van der Waals surface area (Å²) >= 11 is 0. The number of aromatic nitrogens is 2. The van der Waals surface area contributed by atoms with E-state index in [4.69, 9.17) is 9.72 Å². The summed E-state index contributed by atoms with van der Waals surface area (Å²) in [5, 5.41) is 3.11. The molecule has 37 heavy (non-hydrogen) atoms. The van der Waals surface area contributed by atoms with Crippen LogP contribution in [-0.2, 0) is 16.1 Å². The van der Waals surface area contributed by atoms with Gasteiger partial charge in [0.25, 0.3) is 5.91 Å². The van der Waals surface area contributed by atoms with E-state index in [9.17, 15) is 9.59 Å². The lowest BCUT2D eigenvalue weighted by atomic mass is 9.86. The molecule has 1 aromatic heterocycles. The molecule has 1 aliphatic heterocycles. The number of ether oxygens (including phenoxy) is 1. The van der Waals surface area contributed by atoms with Crippen LogP contribution < -0.4 is 5.32 Å². The summed E-state index contributed by atoms with van der Waals surface area (Å²) in [5.74, 6) is 0.282. The van der Waals surface area contributed by atoms with Crippen LogP contribution in [0.4, 0.5) is 5.95 Å². The van der Waals surface area contributed by atoms with Crippen molar-refractivity contribution in [3.63, 3.8) is 0 Å². The molecule has 0 atom stereocenters. The number of piperidine rings is 1. The molecular formula is C30H38N4O3. The van der Waals surface area contributed by atoms with Crippen molar-refractivity contribution < 1.29 is 14.3 Å². The number of imidazole rings is 1. The van der Waals surface area contributed by atoms with Gasteiger partial charge in [0.15, 0.2) is 0 Å². The maximum atomic E-state index is 13.2. The Labute approximate surface area is 219 Å². The fraction of sp³-hybridized carbons (Fsp3) is 0.500. The number of nitrogens with one attached hydrogen (secondary N) is 1. The number of carbonyl (C=O) groups is 2. The molecule has 1 aliphatic carbocycles. The van der Waals surface area contributed by atoms with Gasteiger partial charge in [0, 0.05) is 18.2 Å². The number of anilines is 1. The highest BCUT2D eigenvalue weighted by molar-refractivity contribution is 6.04. The molecule has 0 radical (unpaired) electrons. The first-order valence-electron chi connectivity index (χ1n) is 13.8. The highest BCUT2D eigenvalue weighted by atomic mass is 16.5. The van der Waals surface area contributed by atoms with Crippen molar-refractivity contribution in [2.75, 3.05) is 25.0 Å². The minimum Gasteiger partial charge on any atom is -0.466 e. The molecular weight excluding hydrogens is 464 g/mol. The Hall–Kier alpha value is -3.19. The topological polar surface area (TPSA) is 76.5 Å². The first kappa shape index (κ1) is 25.5. The third-order valence-electron chi connectivity index (χ3n) is 7.80. The molecule has 1 amide bonds. The van der Waals surface area contributed by atoms with Crippen LogP contribution in [0.2, 0.25) is 0 Å². The summed E-state index contributed by atoms with van der Waals surface area (Å²) in [4.78, 5) is 32.9. The van der Waals surface area contributed by atoms with E-state index in [2.05, 4.69) is 33.0 Å². The molecule has 2 aliphatic rings. The maximum absolute atomic E-state index is 13.2. The van der Waals surface area contributed by atoms with Gasteiger partial charge in [-0.3, -0.25) is 19.8 Å². The molecule has 1 N–H and O–H groups in total. The quantitative estimate of drug-likeness (QED) is 0.409. The van der Waals surface area contributed by atoms with Crippen molar-refractivity contribution in [3.8, 4) is 0 Å². The van der Waals surface area contributed by atoms with Gasteiger partial charge in [-0.25, -0.2) is 4.98 Å². The highest BCUT2D eigenvalue weighted by Gasteiger charge is 2.30. The van der Waals surface area contributed by atoms with Crippen LogP contribution in [0.25, 0.3) is 11.0 Å². The predicted molar refractivity (Wildman–Crippen MR) is 146 cm³/mol. The second-order valence-corrected chi connectivity index (χ2v) is 10.5. The minimum absolute atomic E-state index is 0.0500. The standard InChI is InChI=1S/C30H38N4O3/c1-3-37-29(36)23-11-13-25(14-12-23)34-27-19-22(20-33-16-5-4-6-17-33)10-15-26(27)31-30(34)32-28(35)24-9-7-8-21(2)18-24/h7-10,15,18-19,23,25H,3-6,11-14,16-17,20H2,1-2H3,(H,31,32,35). The smallest absolute Gasteiger partial charge is 0.308 e. The number of hydrogen-bond donors (Lipinski definition) is 1. The number of likely N-dealkylation sites (tertiary alicyclic amines) is 1. The number of benzene rings is 2. The fourth-order valence-electron chi connectivity index (χ4n) is 5.86. The van der Waals surface area contributed by atoms with Crippen LogP contribution in [0.5, 0.6) is 0 Å². The Bertz CT molecular complexity index is 1250. The van der Waals surface area contributed by atoms with Crippen LogP contribution in [0.1, 0.15) is 79.4 Å². The van der Waals surface area contributed by atoms with Gasteiger partial charge in [0.05, 0.1) is 23.6 Å². The predicted octanol–water partition coefficient (Wildman–Crippen LogP) is 5.88. The molecule has 3 aromatic rings. The zero-order valence-corrected chi connectivity index (χ0v) is 22.0. The van der Waals surface area contributed by atoms with Crippen LogP contribution in [-0.4, -0.2) is 46.0 Å². The summed E-state index contributed by atoms with van der Waals surface area (Å²) in [6.07, 6.45) is 7.10. The molecule has 7 nitrogen and oxygen atoms in total. The molecule has 0 bridgehead atoms. The second kappa shape index (κ2) is 11.5. The van der Waals surface area contributed by atoms with Gasteiger partial charge in [-0.15, -0.1) is 0 Å². The second-order valence-electron chi connectivity index (χ2n) is 10.5.